The molecule has 3 rings (SSSR count). The van der Waals surface area contributed by atoms with Crippen LogP contribution in [0.4, 0.5) is 0 Å². The minimum absolute atomic E-state index is 0.0343. The van der Waals surface area contributed by atoms with Crippen LogP contribution in [0.25, 0.3) is 0 Å². The summed E-state index contributed by atoms with van der Waals surface area (Å²) < 4.78 is 27.0. The summed E-state index contributed by atoms with van der Waals surface area (Å²) in [5.41, 5.74) is 1.95. The van der Waals surface area contributed by atoms with Gasteiger partial charge in [-0.1, -0.05) is 41.4 Å². The number of hydrogen-bond acceptors (Lipinski definition) is 4. The monoisotopic (exact) mass is 435 g/mol. The van der Waals surface area contributed by atoms with E-state index < -0.39 is 10.0 Å². The number of benzene rings is 2. The first kappa shape index (κ1) is 21.8. The summed E-state index contributed by atoms with van der Waals surface area (Å²) in [6.45, 7) is 5.38. The number of rotatable bonds is 7. The summed E-state index contributed by atoms with van der Waals surface area (Å²) in [6.07, 6.45) is 0.319. The predicted octanol–water partition coefficient (Wildman–Crippen LogP) is 2.31. The highest BCUT2D eigenvalue weighted by molar-refractivity contribution is 7.89. The van der Waals surface area contributed by atoms with Crippen molar-refractivity contribution in [1.82, 2.24) is 14.5 Å². The second-order valence-corrected chi connectivity index (χ2v) is 9.59. The van der Waals surface area contributed by atoms with E-state index in [0.29, 0.717) is 55.6 Å². The summed E-state index contributed by atoms with van der Waals surface area (Å²) in [5.74, 6) is -0.0343. The van der Waals surface area contributed by atoms with Gasteiger partial charge in [0.25, 0.3) is 0 Å². The van der Waals surface area contributed by atoms with E-state index in [1.165, 1.54) is 4.31 Å². The quantitative estimate of drug-likeness (QED) is 0.724. The van der Waals surface area contributed by atoms with E-state index in [9.17, 15) is 13.2 Å². The van der Waals surface area contributed by atoms with Gasteiger partial charge in [-0.25, -0.2) is 8.42 Å². The molecule has 1 N–H and O–H groups in total. The molecule has 1 heterocycles. The van der Waals surface area contributed by atoms with Gasteiger partial charge in [-0.15, -0.1) is 0 Å². The molecule has 1 saturated heterocycles. The Balaban J connectivity index is 1.41. The van der Waals surface area contributed by atoms with Gasteiger partial charge in [0, 0.05) is 44.3 Å². The Morgan fingerprint density at radius 2 is 1.62 bits per heavy atom. The number of nitrogens with one attached hydrogen (secondary N) is 1. The van der Waals surface area contributed by atoms with E-state index in [1.54, 1.807) is 24.3 Å². The van der Waals surface area contributed by atoms with Crippen molar-refractivity contribution < 1.29 is 13.2 Å². The Bertz CT molecular complexity index is 923. The molecule has 1 amide bonds. The fourth-order valence-corrected chi connectivity index (χ4v) is 4.80. The molecule has 0 atom stereocenters. The Hall–Kier alpha value is -1.93. The molecule has 8 heteroatoms. The second kappa shape index (κ2) is 9.71. The smallest absolute Gasteiger partial charge is 0.243 e. The Labute approximate surface area is 177 Å². The van der Waals surface area contributed by atoms with Crippen LogP contribution < -0.4 is 5.32 Å². The van der Waals surface area contributed by atoms with Crippen molar-refractivity contribution in [1.29, 1.82) is 0 Å². The number of sulfonamides is 1. The van der Waals surface area contributed by atoms with E-state index in [0.717, 1.165) is 11.1 Å². The van der Waals surface area contributed by atoms with Crippen LogP contribution >= 0.6 is 11.6 Å². The van der Waals surface area contributed by atoms with Crippen molar-refractivity contribution in [2.45, 2.75) is 18.2 Å². The molecule has 1 aliphatic rings. The molecule has 0 aliphatic carbocycles. The molecule has 2 aromatic carbocycles. The lowest BCUT2D eigenvalue weighted by Crippen LogP contribution is -2.50. The molecule has 0 bridgehead atoms. The molecule has 2 aromatic rings. The molecule has 0 aromatic heterocycles. The minimum Gasteiger partial charge on any atom is -0.355 e. The van der Waals surface area contributed by atoms with E-state index in [-0.39, 0.29) is 5.91 Å². The van der Waals surface area contributed by atoms with Gasteiger partial charge in [-0.05, 0) is 36.8 Å². The Kier molecular flexibility index (Phi) is 7.29. The number of carbonyl (C=O) groups is 1. The highest BCUT2D eigenvalue weighted by Gasteiger charge is 2.28. The van der Waals surface area contributed by atoms with Crippen molar-refractivity contribution >= 4 is 27.5 Å². The third-order valence-electron chi connectivity index (χ3n) is 5.02. The molecule has 6 nitrogen and oxygen atoms in total. The minimum atomic E-state index is -3.45. The van der Waals surface area contributed by atoms with Crippen molar-refractivity contribution in [3.63, 3.8) is 0 Å². The van der Waals surface area contributed by atoms with Gasteiger partial charge >= 0.3 is 0 Å². The average Bonchev–Trinajstić information content (AvgIpc) is 2.70. The Morgan fingerprint density at radius 3 is 2.24 bits per heavy atom. The van der Waals surface area contributed by atoms with Gasteiger partial charge in [0.15, 0.2) is 0 Å². The largest absolute Gasteiger partial charge is 0.355 e. The van der Waals surface area contributed by atoms with Gasteiger partial charge < -0.3 is 5.32 Å². The first-order valence-corrected chi connectivity index (χ1v) is 11.5. The standard InChI is InChI=1S/C21H26ClN3O3S/c1-17-2-8-20(9-3-17)29(27,28)25-14-12-24(13-15-25)11-10-23-21(26)16-18-4-6-19(22)7-5-18/h2-9H,10-16H2,1H3,(H,23,26). The van der Waals surface area contributed by atoms with Crippen LogP contribution in [-0.4, -0.2) is 62.8 Å². The number of amides is 1. The van der Waals surface area contributed by atoms with Crippen LogP contribution in [-0.2, 0) is 21.2 Å². The van der Waals surface area contributed by atoms with Crippen LogP contribution in [0.2, 0.25) is 5.02 Å². The maximum absolute atomic E-state index is 12.7. The van der Waals surface area contributed by atoms with Gasteiger partial charge in [0.1, 0.15) is 0 Å². The fraction of sp³-hybridized carbons (Fsp3) is 0.381. The summed E-state index contributed by atoms with van der Waals surface area (Å²) in [7, 11) is -3.45. The maximum Gasteiger partial charge on any atom is 0.243 e. The van der Waals surface area contributed by atoms with Crippen molar-refractivity contribution in [2.75, 3.05) is 39.3 Å². The lowest BCUT2D eigenvalue weighted by molar-refractivity contribution is -0.120. The summed E-state index contributed by atoms with van der Waals surface area (Å²) in [6, 6.07) is 14.2. The molecule has 1 fully saturated rings. The van der Waals surface area contributed by atoms with E-state index in [2.05, 4.69) is 10.2 Å². The number of halogens is 1. The number of carbonyl (C=O) groups excluding carboxylic acids is 1. The highest BCUT2D eigenvalue weighted by Crippen LogP contribution is 2.18. The number of piperazine rings is 1. The third-order valence-corrected chi connectivity index (χ3v) is 7.18. The zero-order valence-corrected chi connectivity index (χ0v) is 18.0. The molecular weight excluding hydrogens is 410 g/mol. The van der Waals surface area contributed by atoms with Gasteiger partial charge in [0.05, 0.1) is 11.3 Å². The average molecular weight is 436 g/mol. The van der Waals surface area contributed by atoms with Crippen LogP contribution in [0.3, 0.4) is 0 Å². The topological polar surface area (TPSA) is 69.7 Å². The predicted molar refractivity (Wildman–Crippen MR) is 115 cm³/mol. The summed E-state index contributed by atoms with van der Waals surface area (Å²) in [4.78, 5) is 14.6. The lowest BCUT2D eigenvalue weighted by Gasteiger charge is -2.34. The number of hydrogen-bond donors (Lipinski definition) is 1. The third kappa shape index (κ3) is 6.02. The van der Waals surface area contributed by atoms with Gasteiger partial charge in [0.2, 0.25) is 15.9 Å². The maximum atomic E-state index is 12.7. The van der Waals surface area contributed by atoms with Crippen LogP contribution in [0, 0.1) is 6.92 Å². The Morgan fingerprint density at radius 1 is 1.00 bits per heavy atom. The van der Waals surface area contributed by atoms with Crippen molar-refractivity contribution in [3.05, 3.63) is 64.7 Å². The van der Waals surface area contributed by atoms with E-state index in [1.807, 2.05) is 31.2 Å². The van der Waals surface area contributed by atoms with Gasteiger partial charge in [-0.3, -0.25) is 9.69 Å². The summed E-state index contributed by atoms with van der Waals surface area (Å²) >= 11 is 5.85. The number of aryl methyl sites for hydroxylation is 1. The molecule has 29 heavy (non-hydrogen) atoms. The molecular formula is C21H26ClN3O3S. The van der Waals surface area contributed by atoms with E-state index in [4.69, 9.17) is 11.6 Å². The van der Waals surface area contributed by atoms with Crippen LogP contribution in [0.5, 0.6) is 0 Å². The summed E-state index contributed by atoms with van der Waals surface area (Å²) in [5, 5.41) is 3.57. The molecule has 0 spiro atoms. The second-order valence-electron chi connectivity index (χ2n) is 7.21. The van der Waals surface area contributed by atoms with Crippen LogP contribution in [0.1, 0.15) is 11.1 Å². The first-order valence-electron chi connectivity index (χ1n) is 9.65. The molecule has 0 saturated carbocycles. The van der Waals surface area contributed by atoms with Gasteiger partial charge in [-0.2, -0.15) is 4.31 Å². The normalized spacial score (nSPS) is 15.9. The lowest BCUT2D eigenvalue weighted by atomic mass is 10.1. The van der Waals surface area contributed by atoms with E-state index >= 15 is 0 Å². The zero-order chi connectivity index (χ0) is 20.9. The SMILES string of the molecule is Cc1ccc(S(=O)(=O)N2CCN(CCNC(=O)Cc3ccc(Cl)cc3)CC2)cc1. The fourth-order valence-electron chi connectivity index (χ4n) is 3.26. The molecule has 1 aliphatic heterocycles. The van der Waals surface area contributed by atoms with Crippen molar-refractivity contribution in [3.8, 4) is 0 Å². The highest BCUT2D eigenvalue weighted by atomic mass is 35.5. The van der Waals surface area contributed by atoms with Crippen LogP contribution in [0.15, 0.2) is 53.4 Å². The molecule has 156 valence electrons. The molecule has 0 radical (unpaired) electrons. The number of nitrogens with zero attached hydrogens (tertiary/aromatic N) is 2. The molecule has 0 unspecified atom stereocenters. The first-order chi connectivity index (χ1) is 13.8. The van der Waals surface area contributed by atoms with Crippen molar-refractivity contribution in [2.24, 2.45) is 0 Å². The zero-order valence-electron chi connectivity index (χ0n) is 16.5.